The van der Waals surface area contributed by atoms with E-state index in [1.165, 1.54) is 10.8 Å². The van der Waals surface area contributed by atoms with E-state index in [9.17, 15) is 0 Å². The molecule has 0 atom stereocenters. The molecule has 2 aromatic carbocycles. The topological polar surface area (TPSA) is 12.0 Å². The summed E-state index contributed by atoms with van der Waals surface area (Å²) in [6, 6.07) is 14.3. The maximum absolute atomic E-state index is 4.60. The van der Waals surface area contributed by atoms with E-state index >= 15 is 0 Å². The Balaban J connectivity index is 2.55. The third kappa shape index (κ3) is 1.68. The van der Waals surface area contributed by atoms with Gasteiger partial charge in [0.25, 0.3) is 0 Å². The lowest BCUT2D eigenvalue weighted by Gasteiger charge is -2.01. The minimum Gasteiger partial charge on any atom is -0.344 e. The maximum Gasteiger partial charge on any atom is 0.138 e. The van der Waals surface area contributed by atoms with Gasteiger partial charge < -0.3 is 5.32 Å². The van der Waals surface area contributed by atoms with Crippen molar-refractivity contribution >= 4 is 34.2 Å². The molecule has 0 saturated carbocycles. The Kier molecular flexibility index (Phi) is 2.23. The molecule has 0 aliphatic rings. The largest absolute Gasteiger partial charge is 0.344 e. The first-order valence-electron chi connectivity index (χ1n) is 4.02. The van der Waals surface area contributed by atoms with Crippen LogP contribution in [-0.4, -0.2) is 5.49 Å². The standard InChI is InChI=1S/C11H8NS/c13-8-12-11-6-5-9-3-1-2-4-10(9)7-11/h1-7H,(H,12,13). The highest BCUT2D eigenvalue weighted by atomic mass is 32.1. The Labute approximate surface area is 82.4 Å². The lowest BCUT2D eigenvalue weighted by atomic mass is 10.1. The monoisotopic (exact) mass is 186 g/mol. The van der Waals surface area contributed by atoms with Gasteiger partial charge in [0.15, 0.2) is 0 Å². The Morgan fingerprint density at radius 3 is 2.54 bits per heavy atom. The third-order valence-electron chi connectivity index (χ3n) is 1.94. The van der Waals surface area contributed by atoms with Gasteiger partial charge in [-0.25, -0.2) is 0 Å². The van der Waals surface area contributed by atoms with Crippen molar-refractivity contribution in [3.05, 3.63) is 42.5 Å². The molecule has 0 aromatic heterocycles. The van der Waals surface area contributed by atoms with Gasteiger partial charge in [-0.3, -0.25) is 0 Å². The van der Waals surface area contributed by atoms with Crippen LogP contribution in [0.15, 0.2) is 42.5 Å². The second-order valence-corrected chi connectivity index (χ2v) is 2.99. The van der Waals surface area contributed by atoms with E-state index in [1.54, 1.807) is 0 Å². The lowest BCUT2D eigenvalue weighted by molar-refractivity contribution is 1.71. The van der Waals surface area contributed by atoms with Gasteiger partial charge in [0.1, 0.15) is 5.49 Å². The van der Waals surface area contributed by atoms with Gasteiger partial charge in [-0.1, -0.05) is 42.5 Å². The molecule has 1 radical (unpaired) electrons. The molecule has 0 fully saturated rings. The van der Waals surface area contributed by atoms with Crippen LogP contribution in [0.1, 0.15) is 0 Å². The first-order valence-corrected chi connectivity index (χ1v) is 4.43. The molecule has 2 aromatic rings. The predicted octanol–water partition coefficient (Wildman–Crippen LogP) is 3.09. The highest BCUT2D eigenvalue weighted by Gasteiger charge is 1.92. The first-order chi connectivity index (χ1) is 6.40. The number of thiocarbonyl (C=S) groups is 1. The number of rotatable bonds is 2. The molecule has 0 aliphatic carbocycles. The molecule has 1 nitrogen and oxygen atoms in total. The second kappa shape index (κ2) is 3.54. The summed E-state index contributed by atoms with van der Waals surface area (Å²) < 4.78 is 0. The molecular formula is C11H8NS. The van der Waals surface area contributed by atoms with E-state index in [-0.39, 0.29) is 0 Å². The SMILES string of the molecule is S=[C]Nc1ccc2ccccc2c1. The molecule has 63 valence electrons. The number of nitrogens with one attached hydrogen (secondary N) is 1. The molecule has 0 saturated heterocycles. The summed E-state index contributed by atoms with van der Waals surface area (Å²) >= 11 is 4.60. The van der Waals surface area contributed by atoms with Crippen LogP contribution in [0.5, 0.6) is 0 Å². The van der Waals surface area contributed by atoms with Crippen LogP contribution >= 0.6 is 12.2 Å². The fraction of sp³-hybridized carbons (Fsp3) is 0. The smallest absolute Gasteiger partial charge is 0.138 e. The van der Waals surface area contributed by atoms with Crippen molar-refractivity contribution < 1.29 is 0 Å². The molecule has 2 rings (SSSR count). The van der Waals surface area contributed by atoms with Crippen molar-refractivity contribution in [1.29, 1.82) is 0 Å². The molecule has 13 heavy (non-hydrogen) atoms. The Morgan fingerprint density at radius 1 is 1.00 bits per heavy atom. The highest BCUT2D eigenvalue weighted by Crippen LogP contribution is 2.18. The molecular weight excluding hydrogens is 178 g/mol. The van der Waals surface area contributed by atoms with Gasteiger partial charge in [-0.05, 0) is 22.9 Å². The van der Waals surface area contributed by atoms with Crippen LogP contribution in [0.3, 0.4) is 0 Å². The highest BCUT2D eigenvalue weighted by molar-refractivity contribution is 7.79. The van der Waals surface area contributed by atoms with Crippen LogP contribution in [0.25, 0.3) is 10.8 Å². The predicted molar refractivity (Wildman–Crippen MR) is 60.2 cm³/mol. The van der Waals surface area contributed by atoms with Gasteiger partial charge in [0.2, 0.25) is 0 Å². The summed E-state index contributed by atoms with van der Waals surface area (Å²) in [4.78, 5) is 0. The molecule has 0 spiro atoms. The van der Waals surface area contributed by atoms with Crippen molar-refractivity contribution in [2.75, 3.05) is 5.32 Å². The zero-order valence-electron chi connectivity index (χ0n) is 6.95. The average molecular weight is 186 g/mol. The van der Waals surface area contributed by atoms with Crippen LogP contribution in [0.4, 0.5) is 5.69 Å². The van der Waals surface area contributed by atoms with Crippen molar-refractivity contribution in [1.82, 2.24) is 0 Å². The van der Waals surface area contributed by atoms with Crippen molar-refractivity contribution in [2.45, 2.75) is 0 Å². The Bertz CT molecular complexity index is 437. The zero-order chi connectivity index (χ0) is 9.10. The third-order valence-corrected chi connectivity index (χ3v) is 2.05. The van der Waals surface area contributed by atoms with E-state index in [4.69, 9.17) is 0 Å². The van der Waals surface area contributed by atoms with Crippen LogP contribution in [0, 0.1) is 0 Å². The number of fused-ring (bicyclic) bond motifs is 1. The van der Waals surface area contributed by atoms with Gasteiger partial charge >= 0.3 is 0 Å². The minimum atomic E-state index is 0.980. The second-order valence-electron chi connectivity index (χ2n) is 2.79. The molecule has 0 bridgehead atoms. The van der Waals surface area contributed by atoms with Crippen molar-refractivity contribution in [3.63, 3.8) is 0 Å². The summed E-state index contributed by atoms with van der Waals surface area (Å²) in [5.74, 6) is 0. The fourth-order valence-corrected chi connectivity index (χ4v) is 1.44. The molecule has 0 heterocycles. The molecule has 0 amide bonds. The average Bonchev–Trinajstić information content (AvgIpc) is 2.18. The number of hydrogen-bond acceptors (Lipinski definition) is 1. The fourth-order valence-electron chi connectivity index (χ4n) is 1.33. The van der Waals surface area contributed by atoms with Crippen molar-refractivity contribution in [3.8, 4) is 0 Å². The first kappa shape index (κ1) is 8.20. The van der Waals surface area contributed by atoms with Gasteiger partial charge in [-0.2, -0.15) is 0 Å². The summed E-state index contributed by atoms with van der Waals surface area (Å²) in [6.45, 7) is 0. The van der Waals surface area contributed by atoms with Gasteiger partial charge in [0, 0.05) is 5.69 Å². The van der Waals surface area contributed by atoms with Gasteiger partial charge in [-0.15, -0.1) is 0 Å². The molecule has 2 heteroatoms. The number of hydrogen-bond donors (Lipinski definition) is 1. The molecule has 1 N–H and O–H groups in total. The lowest BCUT2D eigenvalue weighted by Crippen LogP contribution is -1.90. The normalized spacial score (nSPS) is 9.85. The van der Waals surface area contributed by atoms with E-state index in [2.05, 4.69) is 47.3 Å². The summed E-state index contributed by atoms with van der Waals surface area (Å²) in [7, 11) is 0. The Hall–Kier alpha value is -1.41. The molecule has 0 aliphatic heterocycles. The summed E-state index contributed by atoms with van der Waals surface area (Å²) in [5.41, 5.74) is 3.46. The maximum atomic E-state index is 4.60. The summed E-state index contributed by atoms with van der Waals surface area (Å²) in [6.07, 6.45) is 0. The van der Waals surface area contributed by atoms with Crippen molar-refractivity contribution in [2.24, 2.45) is 0 Å². The quantitative estimate of drug-likeness (QED) is 0.571. The Morgan fingerprint density at radius 2 is 1.77 bits per heavy atom. The van der Waals surface area contributed by atoms with Crippen LogP contribution in [-0.2, 0) is 0 Å². The van der Waals surface area contributed by atoms with E-state index in [0.29, 0.717) is 0 Å². The number of anilines is 1. The van der Waals surface area contributed by atoms with Gasteiger partial charge in [0.05, 0.1) is 0 Å². The van der Waals surface area contributed by atoms with E-state index in [1.807, 2.05) is 18.2 Å². The van der Waals surface area contributed by atoms with Crippen LogP contribution in [0.2, 0.25) is 0 Å². The summed E-state index contributed by atoms with van der Waals surface area (Å²) in [5, 5.41) is 5.30. The minimum absolute atomic E-state index is 0.980. The molecule has 0 unspecified atom stereocenters. The number of benzene rings is 2. The van der Waals surface area contributed by atoms with Crippen LogP contribution < -0.4 is 5.32 Å². The van der Waals surface area contributed by atoms with E-state index in [0.717, 1.165) is 5.69 Å². The zero-order valence-corrected chi connectivity index (χ0v) is 7.77. The van der Waals surface area contributed by atoms with E-state index < -0.39 is 0 Å².